The summed E-state index contributed by atoms with van der Waals surface area (Å²) < 4.78 is 341. The number of hydrogen-bond acceptors (Lipinski definition) is 0. The van der Waals surface area contributed by atoms with Crippen LogP contribution < -0.4 is 4.57 Å². The third-order valence-corrected chi connectivity index (χ3v) is 6.11. The molecule has 0 aromatic carbocycles. The minimum Gasteiger partial charge on any atom is -0.237 e. The summed E-state index contributed by atoms with van der Waals surface area (Å²) in [5.74, 6) is -77.5. The topological polar surface area (TPSA) is 8.81 Å². The van der Waals surface area contributed by atoms with Crippen molar-refractivity contribution < 1.29 is 119 Å². The Labute approximate surface area is 240 Å². The van der Waals surface area contributed by atoms with Crippen LogP contribution in [0.2, 0.25) is 0 Å². The van der Waals surface area contributed by atoms with Gasteiger partial charge >= 0.3 is 71.6 Å². The molecule has 0 aliphatic heterocycles. The van der Waals surface area contributed by atoms with E-state index in [4.69, 9.17) is 0 Å². The first kappa shape index (κ1) is 42.4. The molecule has 1 aromatic rings. The second-order valence-corrected chi connectivity index (χ2v) is 9.39. The average molecular weight is 761 g/mol. The molecule has 0 fully saturated rings. The first-order valence-electron chi connectivity index (χ1n) is 11.1. The first-order chi connectivity index (χ1) is 20.2. The number of imidazole rings is 1. The Balaban J connectivity index is 3.19. The van der Waals surface area contributed by atoms with Crippen LogP contribution in [0.3, 0.4) is 0 Å². The smallest absolute Gasteiger partial charge is 0.237 e. The Bertz CT molecular complexity index is 1140. The fourth-order valence-corrected chi connectivity index (χ4v) is 3.16. The maximum absolute atomic E-state index is 13.9. The van der Waals surface area contributed by atoms with E-state index in [0.717, 1.165) is 0 Å². The van der Waals surface area contributed by atoms with Crippen LogP contribution in [-0.2, 0) is 13.1 Å². The molecule has 0 aliphatic carbocycles. The number of halogens is 26. The summed E-state index contributed by atoms with van der Waals surface area (Å²) in [7, 11) is 0. The fraction of sp³-hybridized carbons (Fsp3) is 0.842. The second kappa shape index (κ2) is 11.5. The number of nitrogens with zero attached hydrogens (tertiary/aromatic N) is 2. The molecule has 0 saturated carbocycles. The molecule has 0 unspecified atom stereocenters. The summed E-state index contributed by atoms with van der Waals surface area (Å²) in [6.07, 6.45) is -20.8. The monoisotopic (exact) mass is 761 g/mol. The quantitative estimate of drug-likeness (QED) is 0.132. The van der Waals surface area contributed by atoms with Crippen molar-refractivity contribution in [2.24, 2.45) is 0 Å². The van der Waals surface area contributed by atoms with Crippen molar-refractivity contribution in [3.63, 3.8) is 0 Å². The van der Waals surface area contributed by atoms with Gasteiger partial charge in [-0.25, -0.2) is 9.13 Å². The van der Waals surface area contributed by atoms with E-state index >= 15 is 0 Å². The molecule has 0 N–H and O–H groups in total. The Kier molecular flexibility index (Phi) is 10.4. The zero-order valence-corrected chi connectivity index (χ0v) is 21.3. The van der Waals surface area contributed by atoms with Crippen molar-refractivity contribution in [3.05, 3.63) is 18.7 Å². The van der Waals surface area contributed by atoms with Crippen molar-refractivity contribution in [2.75, 3.05) is 0 Å². The molecule has 0 aliphatic rings. The lowest BCUT2D eigenvalue weighted by Gasteiger charge is -2.39. The number of rotatable bonds is 14. The molecule has 0 saturated heterocycles. The number of alkyl halides is 26. The van der Waals surface area contributed by atoms with E-state index in [1.807, 2.05) is 0 Å². The van der Waals surface area contributed by atoms with Crippen molar-refractivity contribution >= 4 is 0 Å². The van der Waals surface area contributed by atoms with Crippen LogP contribution in [0.25, 0.3) is 0 Å². The van der Waals surface area contributed by atoms with Crippen molar-refractivity contribution in [2.45, 2.75) is 97.5 Å². The lowest BCUT2D eigenvalue weighted by molar-refractivity contribution is -0.699. The fourth-order valence-electron chi connectivity index (χ4n) is 3.16. The molecule has 28 heteroatoms. The van der Waals surface area contributed by atoms with Gasteiger partial charge in [0.2, 0.25) is 6.33 Å². The summed E-state index contributed by atoms with van der Waals surface area (Å²) in [5.41, 5.74) is 0. The highest BCUT2D eigenvalue weighted by atomic mass is 19.4. The third-order valence-electron chi connectivity index (χ3n) is 6.11. The second-order valence-electron chi connectivity index (χ2n) is 9.39. The first-order valence-corrected chi connectivity index (χ1v) is 11.1. The summed E-state index contributed by atoms with van der Waals surface area (Å²) >= 11 is 0. The molecule has 0 spiro atoms. The lowest BCUT2D eigenvalue weighted by atomic mass is 9.92. The summed E-state index contributed by atoms with van der Waals surface area (Å²) in [6, 6.07) is 0. The van der Waals surface area contributed by atoms with Crippen LogP contribution >= 0.6 is 0 Å². The van der Waals surface area contributed by atoms with Gasteiger partial charge in [-0.2, -0.15) is 114 Å². The van der Waals surface area contributed by atoms with Gasteiger partial charge in [-0.1, -0.05) is 0 Å². The van der Waals surface area contributed by atoms with Crippen LogP contribution in [0, 0.1) is 0 Å². The zero-order valence-electron chi connectivity index (χ0n) is 21.3. The molecule has 0 radical (unpaired) electrons. The molecule has 0 bridgehead atoms. The van der Waals surface area contributed by atoms with E-state index in [-0.39, 0.29) is 27.9 Å². The molecule has 1 heterocycles. The maximum atomic E-state index is 13.9. The largest absolute Gasteiger partial charge is 0.460 e. The Morgan fingerprint density at radius 1 is 0.383 bits per heavy atom. The van der Waals surface area contributed by atoms with E-state index < -0.39 is 97.5 Å². The standard InChI is InChI=1S/C19H11F26N2/c20-8(21,10(24,25)12(28,29)14(32,33)16(36,37)18(40,41)42)1-3-46-5-6-47(7-46)4-2-9(22,23)11(26,27)13(30,31)15(34,35)17(38,39)19(43,44)45/h5-7H,1-4H2/q+1. The lowest BCUT2D eigenvalue weighted by Crippen LogP contribution is -2.70. The maximum Gasteiger partial charge on any atom is 0.460 e. The van der Waals surface area contributed by atoms with Crippen LogP contribution in [0.15, 0.2) is 18.7 Å². The van der Waals surface area contributed by atoms with E-state index in [9.17, 15) is 114 Å². The van der Waals surface area contributed by atoms with Crippen molar-refractivity contribution in [1.29, 1.82) is 0 Å². The Hall–Kier alpha value is -2.61. The molecule has 1 rings (SSSR count). The highest BCUT2D eigenvalue weighted by molar-refractivity contribution is 5.11. The van der Waals surface area contributed by atoms with Crippen LogP contribution in [-0.4, -0.2) is 76.1 Å². The van der Waals surface area contributed by atoms with E-state index in [0.29, 0.717) is 0 Å². The van der Waals surface area contributed by atoms with Gasteiger partial charge in [0.1, 0.15) is 12.4 Å². The van der Waals surface area contributed by atoms with Crippen molar-refractivity contribution in [3.8, 4) is 0 Å². The predicted octanol–water partition coefficient (Wildman–Crippen LogP) is 9.03. The molecular formula is C19H11F26N2+. The average Bonchev–Trinajstić information content (AvgIpc) is 3.32. The van der Waals surface area contributed by atoms with Crippen molar-refractivity contribution in [1.82, 2.24) is 4.57 Å². The normalized spacial score (nSPS) is 16.2. The van der Waals surface area contributed by atoms with Crippen LogP contribution in [0.4, 0.5) is 114 Å². The Morgan fingerprint density at radius 3 is 1.00 bits per heavy atom. The minimum atomic E-state index is -8.22. The Morgan fingerprint density at radius 2 is 0.681 bits per heavy atom. The summed E-state index contributed by atoms with van der Waals surface area (Å²) in [4.78, 5) is 0. The number of hydrogen-bond donors (Lipinski definition) is 0. The van der Waals surface area contributed by atoms with Crippen LogP contribution in [0.5, 0.6) is 0 Å². The van der Waals surface area contributed by atoms with Gasteiger partial charge in [-0.15, -0.1) is 0 Å². The van der Waals surface area contributed by atoms with Gasteiger partial charge in [-0.3, -0.25) is 0 Å². The van der Waals surface area contributed by atoms with E-state index in [1.54, 1.807) is 0 Å². The van der Waals surface area contributed by atoms with Gasteiger partial charge in [-0.05, 0) is 0 Å². The van der Waals surface area contributed by atoms with Gasteiger partial charge in [0.15, 0.2) is 0 Å². The minimum absolute atomic E-state index is 0.00243. The SMILES string of the molecule is FC(F)(F)C(F)(F)C(F)(F)C(F)(F)C(F)(F)C(F)(F)CCn1cc[n+](CCC(F)(F)C(F)(F)C(F)(F)C(F)(F)C(F)(F)C(F)(F)F)c1. The zero-order chi connectivity index (χ0) is 38.1. The van der Waals surface area contributed by atoms with E-state index in [1.165, 1.54) is 0 Å². The van der Waals surface area contributed by atoms with E-state index in [2.05, 4.69) is 0 Å². The number of aromatic nitrogens is 2. The molecule has 278 valence electrons. The molecule has 0 atom stereocenters. The predicted molar refractivity (Wildman–Crippen MR) is 95.4 cm³/mol. The van der Waals surface area contributed by atoms with Gasteiger partial charge in [0, 0.05) is 0 Å². The number of aryl methyl sites for hydroxylation is 2. The van der Waals surface area contributed by atoms with Crippen LogP contribution in [0.1, 0.15) is 12.8 Å². The molecule has 0 amide bonds. The third kappa shape index (κ3) is 6.33. The summed E-state index contributed by atoms with van der Waals surface area (Å²) in [5, 5.41) is 0. The molecule has 2 nitrogen and oxygen atoms in total. The molecular weight excluding hydrogens is 750 g/mol. The molecule has 1 aromatic heterocycles. The molecule has 47 heavy (non-hydrogen) atoms. The van der Waals surface area contributed by atoms with Gasteiger partial charge in [0.25, 0.3) is 0 Å². The highest BCUT2D eigenvalue weighted by Gasteiger charge is 2.92. The van der Waals surface area contributed by atoms with Gasteiger partial charge in [0.05, 0.1) is 25.9 Å². The summed E-state index contributed by atoms with van der Waals surface area (Å²) in [6.45, 7) is -3.84. The highest BCUT2D eigenvalue weighted by Crippen LogP contribution is 2.62. The van der Waals surface area contributed by atoms with Gasteiger partial charge < -0.3 is 0 Å².